The number of piperidine rings is 1. The molecule has 160 valence electrons. The van der Waals surface area contributed by atoms with E-state index in [0.717, 1.165) is 39.0 Å². The molecule has 0 aliphatic carbocycles. The second kappa shape index (κ2) is 11.5. The minimum atomic E-state index is -0.406. The summed E-state index contributed by atoms with van der Waals surface area (Å²) in [6, 6.07) is 4.77. The summed E-state index contributed by atoms with van der Waals surface area (Å²) in [5.41, 5.74) is 0.125. The van der Waals surface area contributed by atoms with Gasteiger partial charge in [0.1, 0.15) is 5.82 Å². The van der Waals surface area contributed by atoms with E-state index < -0.39 is 5.41 Å². The summed E-state index contributed by atoms with van der Waals surface area (Å²) in [5.74, 6) is -0.0748. The van der Waals surface area contributed by atoms with Crippen LogP contribution in [0.4, 0.5) is 4.39 Å². The molecule has 0 spiro atoms. The number of nitrogens with one attached hydrogen (secondary N) is 1. The molecule has 0 saturated carbocycles. The summed E-state index contributed by atoms with van der Waals surface area (Å²) in [5, 5.41) is 3.77. The summed E-state index contributed by atoms with van der Waals surface area (Å²) in [4.78, 5) is 17.3. The first-order chi connectivity index (χ1) is 12.6. The normalized spacial score (nSPS) is 19.5. The number of nitrogens with zero attached hydrogens (tertiary/aromatic N) is 2. The van der Waals surface area contributed by atoms with Crippen molar-refractivity contribution in [2.75, 3.05) is 53.0 Å². The Bertz CT molecular complexity index is 611. The summed E-state index contributed by atoms with van der Waals surface area (Å²) < 4.78 is 19.4. The predicted octanol–water partition coefficient (Wildman–Crippen LogP) is 2.98. The van der Waals surface area contributed by atoms with Gasteiger partial charge in [0.15, 0.2) is 0 Å². The second-order valence-electron chi connectivity index (χ2n) is 7.23. The van der Waals surface area contributed by atoms with E-state index in [2.05, 4.69) is 10.2 Å². The molecule has 1 amide bonds. The zero-order valence-electron chi connectivity index (χ0n) is 16.1. The van der Waals surface area contributed by atoms with E-state index in [9.17, 15) is 9.18 Å². The van der Waals surface area contributed by atoms with Crippen molar-refractivity contribution in [2.45, 2.75) is 19.4 Å². The van der Waals surface area contributed by atoms with Crippen molar-refractivity contribution in [2.24, 2.45) is 5.41 Å². The van der Waals surface area contributed by atoms with Crippen LogP contribution in [0.2, 0.25) is 5.02 Å². The Kier molecular flexibility index (Phi) is 10.5. The highest BCUT2D eigenvalue weighted by molar-refractivity contribution is 6.31. The van der Waals surface area contributed by atoms with Crippen LogP contribution in [0.3, 0.4) is 0 Å². The molecule has 1 aromatic carbocycles. The maximum absolute atomic E-state index is 14.0. The minimum Gasteiger partial charge on any atom is -0.384 e. The summed E-state index contributed by atoms with van der Waals surface area (Å²) >= 11 is 6.13. The fraction of sp³-hybridized carbons (Fsp3) is 0.632. The maximum Gasteiger partial charge on any atom is 0.231 e. The van der Waals surface area contributed by atoms with Gasteiger partial charge in [-0.05, 0) is 38.1 Å². The number of halogens is 4. The first-order valence-electron chi connectivity index (χ1n) is 9.20. The quantitative estimate of drug-likeness (QED) is 0.740. The molecular weight excluding hydrogens is 428 g/mol. The largest absolute Gasteiger partial charge is 0.384 e. The Morgan fingerprint density at radius 1 is 1.21 bits per heavy atom. The van der Waals surface area contributed by atoms with E-state index in [1.54, 1.807) is 19.2 Å². The molecule has 0 unspecified atom stereocenters. The van der Waals surface area contributed by atoms with Crippen molar-refractivity contribution >= 4 is 42.3 Å². The van der Waals surface area contributed by atoms with Crippen LogP contribution in [-0.2, 0) is 16.1 Å². The number of hydrogen-bond donors (Lipinski definition) is 1. The number of ether oxygens (including phenoxy) is 1. The van der Waals surface area contributed by atoms with Gasteiger partial charge in [-0.1, -0.05) is 17.7 Å². The van der Waals surface area contributed by atoms with Crippen molar-refractivity contribution in [3.63, 3.8) is 0 Å². The van der Waals surface area contributed by atoms with Crippen molar-refractivity contribution in [1.29, 1.82) is 0 Å². The van der Waals surface area contributed by atoms with Crippen LogP contribution < -0.4 is 5.32 Å². The number of carbonyl (C=O) groups excluding carboxylic acids is 1. The number of hydrogen-bond acceptors (Lipinski definition) is 4. The van der Waals surface area contributed by atoms with E-state index in [4.69, 9.17) is 16.3 Å². The van der Waals surface area contributed by atoms with Gasteiger partial charge in [0.05, 0.1) is 12.0 Å². The predicted molar refractivity (Wildman–Crippen MR) is 114 cm³/mol. The third-order valence-corrected chi connectivity index (χ3v) is 5.89. The molecule has 2 saturated heterocycles. The molecule has 2 heterocycles. The monoisotopic (exact) mass is 455 g/mol. The fourth-order valence-electron chi connectivity index (χ4n) is 3.95. The average Bonchev–Trinajstić information content (AvgIpc) is 2.66. The standard InChI is InChI=1S/C19H27ClFN3O2.2ClH/c1-26-14-19(5-7-22-8-6-19)18(25)24-11-9-23(10-12-24)13-15-16(20)3-2-4-17(15)21;;/h2-4,22H,5-14H2,1H3;2*1H. The molecule has 5 nitrogen and oxygen atoms in total. The SMILES string of the molecule is COCC1(C(=O)N2CCN(Cc3c(F)cccc3Cl)CC2)CCNCC1.Cl.Cl. The third-order valence-electron chi connectivity index (χ3n) is 5.54. The van der Waals surface area contributed by atoms with Gasteiger partial charge in [0.25, 0.3) is 0 Å². The van der Waals surface area contributed by atoms with Crippen molar-refractivity contribution in [3.05, 3.63) is 34.6 Å². The molecular formula is C19H29Cl3FN3O2. The molecule has 1 aromatic rings. The summed E-state index contributed by atoms with van der Waals surface area (Å²) in [6.45, 7) is 5.39. The van der Waals surface area contributed by atoms with E-state index >= 15 is 0 Å². The summed E-state index contributed by atoms with van der Waals surface area (Å²) in [6.07, 6.45) is 1.62. The molecule has 0 bridgehead atoms. The number of carbonyl (C=O) groups is 1. The van der Waals surface area contributed by atoms with Crippen LogP contribution in [-0.4, -0.2) is 68.7 Å². The lowest BCUT2D eigenvalue weighted by atomic mass is 9.78. The Balaban J connectivity index is 0.00000196. The first kappa shape index (κ1) is 25.4. The molecule has 3 rings (SSSR count). The zero-order valence-corrected chi connectivity index (χ0v) is 18.5. The van der Waals surface area contributed by atoms with Gasteiger partial charge < -0.3 is 15.0 Å². The fourth-order valence-corrected chi connectivity index (χ4v) is 4.18. The summed E-state index contributed by atoms with van der Waals surface area (Å²) in [7, 11) is 1.66. The first-order valence-corrected chi connectivity index (χ1v) is 9.58. The van der Waals surface area contributed by atoms with Crippen LogP contribution in [0.25, 0.3) is 0 Å². The van der Waals surface area contributed by atoms with Gasteiger partial charge in [0, 0.05) is 50.4 Å². The molecule has 2 aliphatic rings. The molecule has 9 heteroatoms. The highest BCUT2D eigenvalue weighted by Crippen LogP contribution is 2.32. The van der Waals surface area contributed by atoms with Crippen molar-refractivity contribution < 1.29 is 13.9 Å². The lowest BCUT2D eigenvalue weighted by molar-refractivity contribution is -0.149. The number of benzene rings is 1. The van der Waals surface area contributed by atoms with Gasteiger partial charge in [-0.3, -0.25) is 9.69 Å². The van der Waals surface area contributed by atoms with Gasteiger partial charge in [-0.2, -0.15) is 0 Å². The molecule has 2 fully saturated rings. The Labute approximate surface area is 183 Å². The Morgan fingerprint density at radius 2 is 1.86 bits per heavy atom. The van der Waals surface area contributed by atoms with Crippen LogP contribution in [0.5, 0.6) is 0 Å². The Morgan fingerprint density at radius 3 is 2.43 bits per heavy atom. The van der Waals surface area contributed by atoms with E-state index in [0.29, 0.717) is 36.8 Å². The van der Waals surface area contributed by atoms with E-state index in [1.165, 1.54) is 6.07 Å². The zero-order chi connectivity index (χ0) is 18.6. The van der Waals surface area contributed by atoms with Crippen LogP contribution in [0, 0.1) is 11.2 Å². The lowest BCUT2D eigenvalue weighted by Crippen LogP contribution is -2.56. The van der Waals surface area contributed by atoms with Crippen molar-refractivity contribution in [1.82, 2.24) is 15.1 Å². The lowest BCUT2D eigenvalue weighted by Gasteiger charge is -2.42. The molecule has 0 atom stereocenters. The molecule has 28 heavy (non-hydrogen) atoms. The number of rotatable bonds is 5. The van der Waals surface area contributed by atoms with Gasteiger partial charge in [-0.25, -0.2) is 4.39 Å². The average molecular weight is 457 g/mol. The van der Waals surface area contributed by atoms with E-state index in [-0.39, 0.29) is 36.5 Å². The number of amides is 1. The highest BCUT2D eigenvalue weighted by atomic mass is 35.5. The van der Waals surface area contributed by atoms with Gasteiger partial charge >= 0.3 is 0 Å². The number of methoxy groups -OCH3 is 1. The topological polar surface area (TPSA) is 44.8 Å². The van der Waals surface area contributed by atoms with Crippen LogP contribution in [0.15, 0.2) is 18.2 Å². The van der Waals surface area contributed by atoms with Gasteiger partial charge in [0.2, 0.25) is 5.91 Å². The Hall–Kier alpha value is -0.630. The van der Waals surface area contributed by atoms with E-state index in [1.807, 2.05) is 4.90 Å². The third kappa shape index (κ3) is 5.71. The highest BCUT2D eigenvalue weighted by Gasteiger charge is 2.42. The maximum atomic E-state index is 14.0. The molecule has 2 aliphatic heterocycles. The number of piperazine rings is 1. The van der Waals surface area contributed by atoms with Crippen molar-refractivity contribution in [3.8, 4) is 0 Å². The minimum absolute atomic E-state index is 0. The molecule has 0 aromatic heterocycles. The molecule has 1 N–H and O–H groups in total. The smallest absolute Gasteiger partial charge is 0.231 e. The second-order valence-corrected chi connectivity index (χ2v) is 7.64. The molecule has 0 radical (unpaired) electrons. The van der Waals surface area contributed by atoms with Crippen LogP contribution >= 0.6 is 36.4 Å². The van der Waals surface area contributed by atoms with Crippen LogP contribution in [0.1, 0.15) is 18.4 Å². The van der Waals surface area contributed by atoms with Gasteiger partial charge in [-0.15, -0.1) is 24.8 Å².